The Hall–Kier alpha value is -2.36. The van der Waals surface area contributed by atoms with Gasteiger partial charge in [-0.25, -0.2) is 4.98 Å². The number of fused-ring (bicyclic) bond motifs is 1. The molecule has 0 atom stereocenters. The molecule has 4 nitrogen and oxygen atoms in total. The van der Waals surface area contributed by atoms with Crippen LogP contribution in [0.25, 0.3) is 22.4 Å². The van der Waals surface area contributed by atoms with Crippen molar-refractivity contribution in [2.75, 3.05) is 0 Å². The van der Waals surface area contributed by atoms with Crippen LogP contribution < -0.4 is 5.56 Å². The molecule has 0 amide bonds. The Balaban J connectivity index is 2.41. The first kappa shape index (κ1) is 12.7. The number of benzene rings is 1. The van der Waals surface area contributed by atoms with Crippen LogP contribution in [0.1, 0.15) is 25.6 Å². The van der Waals surface area contributed by atoms with E-state index < -0.39 is 0 Å². The molecule has 0 aliphatic rings. The van der Waals surface area contributed by atoms with E-state index in [1.54, 1.807) is 4.57 Å². The molecule has 0 saturated heterocycles. The maximum Gasteiger partial charge on any atom is 0.263 e. The Kier molecular flexibility index (Phi) is 2.93. The lowest BCUT2D eigenvalue weighted by Gasteiger charge is -2.15. The summed E-state index contributed by atoms with van der Waals surface area (Å²) in [6, 6.07) is 11.7. The van der Waals surface area contributed by atoms with Gasteiger partial charge in [0.2, 0.25) is 0 Å². The Morgan fingerprint density at radius 3 is 2.55 bits per heavy atom. The van der Waals surface area contributed by atoms with Gasteiger partial charge in [0.25, 0.3) is 5.56 Å². The van der Waals surface area contributed by atoms with Gasteiger partial charge in [-0.15, -0.1) is 0 Å². The van der Waals surface area contributed by atoms with Crippen LogP contribution in [-0.4, -0.2) is 14.5 Å². The average Bonchev–Trinajstić information content (AvgIpc) is 2.80. The summed E-state index contributed by atoms with van der Waals surface area (Å²) >= 11 is 0. The smallest absolute Gasteiger partial charge is 0.263 e. The number of aromatic amines is 1. The standard InChI is InChI=1S/C16H17N3O/c1-10(2)19-15(12-7-5-4-6-8-12)18-14-13(16(19)20)9-11(3)17-14/h4-10,17H,1-3H3. The van der Waals surface area contributed by atoms with E-state index in [1.165, 1.54) is 0 Å². The molecule has 2 aromatic heterocycles. The van der Waals surface area contributed by atoms with Crippen LogP contribution >= 0.6 is 0 Å². The van der Waals surface area contributed by atoms with Crippen molar-refractivity contribution in [3.63, 3.8) is 0 Å². The van der Waals surface area contributed by atoms with E-state index >= 15 is 0 Å². The summed E-state index contributed by atoms with van der Waals surface area (Å²) in [4.78, 5) is 20.5. The predicted octanol–water partition coefficient (Wildman–Crippen LogP) is 3.28. The largest absolute Gasteiger partial charge is 0.343 e. The van der Waals surface area contributed by atoms with Crippen LogP contribution in [0.15, 0.2) is 41.2 Å². The lowest BCUT2D eigenvalue weighted by molar-refractivity contribution is 0.581. The zero-order valence-corrected chi connectivity index (χ0v) is 11.8. The highest BCUT2D eigenvalue weighted by Crippen LogP contribution is 2.21. The fourth-order valence-corrected chi connectivity index (χ4v) is 2.48. The molecule has 0 spiro atoms. The Morgan fingerprint density at radius 2 is 1.90 bits per heavy atom. The molecule has 3 rings (SSSR count). The number of nitrogens with one attached hydrogen (secondary N) is 1. The molecular weight excluding hydrogens is 250 g/mol. The van der Waals surface area contributed by atoms with Gasteiger partial charge in [-0.05, 0) is 26.8 Å². The first-order chi connectivity index (χ1) is 9.58. The van der Waals surface area contributed by atoms with Crippen LogP contribution in [0, 0.1) is 6.92 Å². The number of hydrogen-bond donors (Lipinski definition) is 1. The van der Waals surface area contributed by atoms with Gasteiger partial charge in [0.15, 0.2) is 0 Å². The Morgan fingerprint density at radius 1 is 1.20 bits per heavy atom. The van der Waals surface area contributed by atoms with E-state index in [-0.39, 0.29) is 11.6 Å². The molecule has 0 aliphatic carbocycles. The summed E-state index contributed by atoms with van der Waals surface area (Å²) in [5.74, 6) is 0.708. The maximum absolute atomic E-state index is 12.7. The molecule has 0 unspecified atom stereocenters. The number of rotatable bonds is 2. The molecule has 20 heavy (non-hydrogen) atoms. The third-order valence-corrected chi connectivity index (χ3v) is 3.38. The van der Waals surface area contributed by atoms with Gasteiger partial charge in [-0.2, -0.15) is 0 Å². The summed E-state index contributed by atoms with van der Waals surface area (Å²) in [6.45, 7) is 5.94. The van der Waals surface area contributed by atoms with Crippen molar-refractivity contribution >= 4 is 11.0 Å². The van der Waals surface area contributed by atoms with Crippen molar-refractivity contribution in [3.05, 3.63) is 52.4 Å². The first-order valence-electron chi connectivity index (χ1n) is 6.75. The van der Waals surface area contributed by atoms with Gasteiger partial charge in [0.05, 0.1) is 5.39 Å². The molecule has 0 bridgehead atoms. The zero-order valence-electron chi connectivity index (χ0n) is 11.8. The molecule has 0 aliphatic heterocycles. The van der Waals surface area contributed by atoms with Crippen LogP contribution in [0.4, 0.5) is 0 Å². The topological polar surface area (TPSA) is 50.7 Å². The third-order valence-electron chi connectivity index (χ3n) is 3.38. The van der Waals surface area contributed by atoms with Crippen molar-refractivity contribution in [1.29, 1.82) is 0 Å². The third kappa shape index (κ3) is 1.93. The van der Waals surface area contributed by atoms with Gasteiger partial charge < -0.3 is 4.98 Å². The van der Waals surface area contributed by atoms with E-state index in [4.69, 9.17) is 0 Å². The molecule has 2 heterocycles. The minimum Gasteiger partial charge on any atom is -0.343 e. The fourth-order valence-electron chi connectivity index (χ4n) is 2.48. The minimum absolute atomic E-state index is 0.00760. The van der Waals surface area contributed by atoms with E-state index in [0.29, 0.717) is 16.9 Å². The average molecular weight is 267 g/mol. The first-order valence-corrected chi connectivity index (χ1v) is 6.75. The molecule has 0 radical (unpaired) electrons. The van der Waals surface area contributed by atoms with Crippen molar-refractivity contribution in [2.45, 2.75) is 26.8 Å². The van der Waals surface area contributed by atoms with Crippen LogP contribution in [0.3, 0.4) is 0 Å². The summed E-state index contributed by atoms with van der Waals surface area (Å²) in [5.41, 5.74) is 2.56. The summed E-state index contributed by atoms with van der Waals surface area (Å²) < 4.78 is 1.75. The Labute approximate surface area is 117 Å². The highest BCUT2D eigenvalue weighted by Gasteiger charge is 2.15. The van der Waals surface area contributed by atoms with E-state index in [1.807, 2.05) is 57.2 Å². The van der Waals surface area contributed by atoms with Crippen LogP contribution in [0.5, 0.6) is 0 Å². The van der Waals surface area contributed by atoms with Gasteiger partial charge in [0, 0.05) is 17.3 Å². The molecule has 3 aromatic rings. The molecule has 1 N–H and O–H groups in total. The zero-order chi connectivity index (χ0) is 14.3. The van der Waals surface area contributed by atoms with Crippen molar-refractivity contribution < 1.29 is 0 Å². The normalized spacial score (nSPS) is 11.4. The Bertz CT molecular complexity index is 813. The van der Waals surface area contributed by atoms with E-state index in [0.717, 1.165) is 11.3 Å². The van der Waals surface area contributed by atoms with Gasteiger partial charge in [0.1, 0.15) is 11.5 Å². The fraction of sp³-hybridized carbons (Fsp3) is 0.250. The van der Waals surface area contributed by atoms with Crippen LogP contribution in [0.2, 0.25) is 0 Å². The van der Waals surface area contributed by atoms with E-state index in [9.17, 15) is 4.79 Å². The van der Waals surface area contributed by atoms with Gasteiger partial charge in [-0.1, -0.05) is 30.3 Å². The van der Waals surface area contributed by atoms with Crippen molar-refractivity contribution in [1.82, 2.24) is 14.5 Å². The second-order valence-corrected chi connectivity index (χ2v) is 5.28. The number of hydrogen-bond acceptors (Lipinski definition) is 2. The molecule has 0 saturated carbocycles. The van der Waals surface area contributed by atoms with Gasteiger partial charge in [-0.3, -0.25) is 9.36 Å². The number of nitrogens with zero attached hydrogens (tertiary/aromatic N) is 2. The molecule has 4 heteroatoms. The summed E-state index contributed by atoms with van der Waals surface area (Å²) in [7, 11) is 0. The van der Waals surface area contributed by atoms with Crippen molar-refractivity contribution in [2.24, 2.45) is 0 Å². The minimum atomic E-state index is 0.00760. The second kappa shape index (κ2) is 4.63. The van der Waals surface area contributed by atoms with Gasteiger partial charge >= 0.3 is 0 Å². The summed E-state index contributed by atoms with van der Waals surface area (Å²) in [6.07, 6.45) is 0. The monoisotopic (exact) mass is 267 g/mol. The quantitative estimate of drug-likeness (QED) is 0.774. The highest BCUT2D eigenvalue weighted by atomic mass is 16.1. The highest BCUT2D eigenvalue weighted by molar-refractivity contribution is 5.78. The van der Waals surface area contributed by atoms with E-state index in [2.05, 4.69) is 9.97 Å². The molecule has 0 fully saturated rings. The van der Waals surface area contributed by atoms with Crippen LogP contribution in [-0.2, 0) is 0 Å². The molecule has 1 aromatic carbocycles. The molecule has 102 valence electrons. The second-order valence-electron chi connectivity index (χ2n) is 5.28. The number of aromatic nitrogens is 3. The predicted molar refractivity (Wildman–Crippen MR) is 80.9 cm³/mol. The lowest BCUT2D eigenvalue weighted by Crippen LogP contribution is -2.24. The maximum atomic E-state index is 12.7. The lowest BCUT2D eigenvalue weighted by atomic mass is 10.2. The van der Waals surface area contributed by atoms with Crippen molar-refractivity contribution in [3.8, 4) is 11.4 Å². The summed E-state index contributed by atoms with van der Waals surface area (Å²) in [5, 5.41) is 0.649. The molecular formula is C16H17N3O. The number of aryl methyl sites for hydroxylation is 1. The SMILES string of the molecule is Cc1cc2c(=O)n(C(C)C)c(-c3ccccc3)nc2[nH]1. The number of H-pyrrole nitrogens is 1.